The topological polar surface area (TPSA) is 63.4 Å². The SMILES string of the molecule is CCC(CC)CN(CC)S(=O)(=O)c1cc(Cl)ccc1N. The van der Waals surface area contributed by atoms with Crippen LogP contribution in [0.15, 0.2) is 23.1 Å². The molecule has 0 aliphatic rings. The van der Waals surface area contributed by atoms with Gasteiger partial charge in [-0.05, 0) is 24.1 Å². The van der Waals surface area contributed by atoms with Gasteiger partial charge in [-0.2, -0.15) is 4.31 Å². The molecule has 20 heavy (non-hydrogen) atoms. The first-order valence-corrected chi connectivity index (χ1v) is 8.73. The first-order valence-electron chi connectivity index (χ1n) is 6.91. The molecule has 0 aliphatic carbocycles. The molecule has 0 radical (unpaired) electrons. The molecule has 0 aromatic heterocycles. The van der Waals surface area contributed by atoms with E-state index >= 15 is 0 Å². The van der Waals surface area contributed by atoms with Crippen molar-refractivity contribution in [3.63, 3.8) is 0 Å². The lowest BCUT2D eigenvalue weighted by Gasteiger charge is -2.25. The Morgan fingerprint density at radius 2 is 1.85 bits per heavy atom. The zero-order chi connectivity index (χ0) is 15.3. The molecule has 0 heterocycles. The van der Waals surface area contributed by atoms with Crippen molar-refractivity contribution in [3.05, 3.63) is 23.2 Å². The Labute approximate surface area is 127 Å². The molecular weight excluding hydrogens is 296 g/mol. The molecule has 0 saturated carbocycles. The van der Waals surface area contributed by atoms with Gasteiger partial charge in [-0.15, -0.1) is 0 Å². The van der Waals surface area contributed by atoms with E-state index in [1.807, 2.05) is 6.92 Å². The predicted molar refractivity (Wildman–Crippen MR) is 84.4 cm³/mol. The van der Waals surface area contributed by atoms with E-state index in [9.17, 15) is 8.42 Å². The quantitative estimate of drug-likeness (QED) is 0.784. The maximum absolute atomic E-state index is 12.7. The smallest absolute Gasteiger partial charge is 0.245 e. The zero-order valence-corrected chi connectivity index (χ0v) is 13.8. The van der Waals surface area contributed by atoms with Gasteiger partial charge in [0, 0.05) is 18.1 Å². The minimum atomic E-state index is -3.60. The maximum atomic E-state index is 12.7. The fourth-order valence-electron chi connectivity index (χ4n) is 2.10. The van der Waals surface area contributed by atoms with E-state index in [1.165, 1.54) is 16.4 Å². The van der Waals surface area contributed by atoms with E-state index in [0.717, 1.165) is 12.8 Å². The van der Waals surface area contributed by atoms with Gasteiger partial charge in [0.15, 0.2) is 0 Å². The minimum absolute atomic E-state index is 0.0952. The van der Waals surface area contributed by atoms with Gasteiger partial charge in [-0.3, -0.25) is 0 Å². The third-order valence-electron chi connectivity index (χ3n) is 3.56. The number of nitrogens with zero attached hydrogens (tertiary/aromatic N) is 1. The molecule has 114 valence electrons. The van der Waals surface area contributed by atoms with Gasteiger partial charge in [-0.1, -0.05) is 45.2 Å². The largest absolute Gasteiger partial charge is 0.398 e. The van der Waals surface area contributed by atoms with Gasteiger partial charge < -0.3 is 5.73 Å². The van der Waals surface area contributed by atoms with Crippen LogP contribution in [0, 0.1) is 5.92 Å². The lowest BCUT2D eigenvalue weighted by atomic mass is 10.0. The number of rotatable bonds is 7. The van der Waals surface area contributed by atoms with Crippen molar-refractivity contribution in [3.8, 4) is 0 Å². The molecule has 1 rings (SSSR count). The standard InChI is InChI=1S/C14H23ClN2O2S/c1-4-11(5-2)10-17(6-3)20(18,19)14-9-12(15)7-8-13(14)16/h7-9,11H,4-6,10,16H2,1-3H3. The van der Waals surface area contributed by atoms with Crippen LogP contribution in [0.1, 0.15) is 33.6 Å². The van der Waals surface area contributed by atoms with Crippen LogP contribution in [0.5, 0.6) is 0 Å². The van der Waals surface area contributed by atoms with Crippen molar-refractivity contribution in [2.45, 2.75) is 38.5 Å². The summed E-state index contributed by atoms with van der Waals surface area (Å²) >= 11 is 5.89. The van der Waals surface area contributed by atoms with Crippen LogP contribution in [0.25, 0.3) is 0 Å². The summed E-state index contributed by atoms with van der Waals surface area (Å²) in [5, 5.41) is 0.372. The molecule has 1 aromatic rings. The summed E-state index contributed by atoms with van der Waals surface area (Å²) in [4.78, 5) is 0.0952. The second kappa shape index (κ2) is 7.29. The Kier molecular flexibility index (Phi) is 6.30. The van der Waals surface area contributed by atoms with Crippen molar-refractivity contribution in [2.75, 3.05) is 18.8 Å². The van der Waals surface area contributed by atoms with Crippen molar-refractivity contribution >= 4 is 27.3 Å². The van der Waals surface area contributed by atoms with Crippen molar-refractivity contribution < 1.29 is 8.42 Å². The third kappa shape index (κ3) is 3.87. The highest BCUT2D eigenvalue weighted by molar-refractivity contribution is 7.89. The summed E-state index contributed by atoms with van der Waals surface area (Å²) in [5.74, 6) is 0.352. The number of benzene rings is 1. The molecule has 2 N–H and O–H groups in total. The maximum Gasteiger partial charge on any atom is 0.245 e. The molecule has 0 saturated heterocycles. The Hall–Kier alpha value is -0.780. The predicted octanol–water partition coefficient (Wildman–Crippen LogP) is 3.37. The fourth-order valence-corrected chi connectivity index (χ4v) is 4.01. The van der Waals surface area contributed by atoms with Gasteiger partial charge >= 0.3 is 0 Å². The molecule has 1 aromatic carbocycles. The Morgan fingerprint density at radius 1 is 1.25 bits per heavy atom. The monoisotopic (exact) mass is 318 g/mol. The van der Waals surface area contributed by atoms with E-state index in [0.29, 0.717) is 24.0 Å². The molecule has 4 nitrogen and oxygen atoms in total. The third-order valence-corrected chi connectivity index (χ3v) is 5.79. The highest BCUT2D eigenvalue weighted by atomic mass is 35.5. The summed E-state index contributed by atoms with van der Waals surface area (Å²) in [6.07, 6.45) is 1.90. The van der Waals surface area contributed by atoms with Crippen LogP contribution in [0.3, 0.4) is 0 Å². The summed E-state index contributed by atoms with van der Waals surface area (Å²) in [6.45, 7) is 6.91. The summed E-state index contributed by atoms with van der Waals surface area (Å²) in [7, 11) is -3.60. The van der Waals surface area contributed by atoms with Gasteiger partial charge in [0.1, 0.15) is 4.90 Å². The van der Waals surface area contributed by atoms with Gasteiger partial charge in [0.2, 0.25) is 10.0 Å². The first kappa shape index (κ1) is 17.3. The average Bonchev–Trinajstić information content (AvgIpc) is 2.42. The summed E-state index contributed by atoms with van der Waals surface area (Å²) in [6, 6.07) is 4.54. The number of nitrogens with two attached hydrogens (primary N) is 1. The zero-order valence-electron chi connectivity index (χ0n) is 12.3. The van der Waals surface area contributed by atoms with Crippen molar-refractivity contribution in [2.24, 2.45) is 5.92 Å². The number of sulfonamides is 1. The Morgan fingerprint density at radius 3 is 2.35 bits per heavy atom. The van der Waals surface area contributed by atoms with Crippen LogP contribution in [-0.2, 0) is 10.0 Å². The molecule has 0 bridgehead atoms. The van der Waals surface area contributed by atoms with E-state index in [4.69, 9.17) is 17.3 Å². The van der Waals surface area contributed by atoms with Crippen LogP contribution < -0.4 is 5.73 Å². The number of anilines is 1. The summed E-state index contributed by atoms with van der Waals surface area (Å²) < 4.78 is 26.9. The van der Waals surface area contributed by atoms with Crippen molar-refractivity contribution in [1.82, 2.24) is 4.31 Å². The lowest BCUT2D eigenvalue weighted by molar-refractivity contribution is 0.339. The molecule has 0 amide bonds. The van der Waals surface area contributed by atoms with E-state index < -0.39 is 10.0 Å². The first-order chi connectivity index (χ1) is 9.36. The molecular formula is C14H23ClN2O2S. The number of hydrogen-bond acceptors (Lipinski definition) is 3. The van der Waals surface area contributed by atoms with Crippen LogP contribution >= 0.6 is 11.6 Å². The highest BCUT2D eigenvalue weighted by Crippen LogP contribution is 2.26. The fraction of sp³-hybridized carbons (Fsp3) is 0.571. The minimum Gasteiger partial charge on any atom is -0.398 e. The van der Waals surface area contributed by atoms with Gasteiger partial charge in [0.25, 0.3) is 0 Å². The highest BCUT2D eigenvalue weighted by Gasteiger charge is 2.27. The number of hydrogen-bond donors (Lipinski definition) is 1. The van der Waals surface area contributed by atoms with Crippen LogP contribution in [-0.4, -0.2) is 25.8 Å². The van der Waals surface area contributed by atoms with Gasteiger partial charge in [0.05, 0.1) is 5.69 Å². The molecule has 0 atom stereocenters. The number of halogens is 1. The molecule has 0 fully saturated rings. The van der Waals surface area contributed by atoms with Crippen LogP contribution in [0.2, 0.25) is 5.02 Å². The Balaban J connectivity index is 3.15. The normalized spacial score (nSPS) is 12.3. The molecule has 6 heteroatoms. The van der Waals surface area contributed by atoms with Gasteiger partial charge in [-0.25, -0.2) is 8.42 Å². The van der Waals surface area contributed by atoms with E-state index in [1.54, 1.807) is 6.07 Å². The second-order valence-corrected chi connectivity index (χ2v) is 7.16. The lowest BCUT2D eigenvalue weighted by Crippen LogP contribution is -2.35. The molecule has 0 spiro atoms. The van der Waals surface area contributed by atoms with Crippen LogP contribution in [0.4, 0.5) is 5.69 Å². The molecule has 0 unspecified atom stereocenters. The average molecular weight is 319 g/mol. The Bertz CT molecular complexity index is 542. The van der Waals surface area contributed by atoms with E-state index in [2.05, 4.69) is 13.8 Å². The van der Waals surface area contributed by atoms with Crippen molar-refractivity contribution in [1.29, 1.82) is 0 Å². The summed E-state index contributed by atoms with van der Waals surface area (Å²) in [5.41, 5.74) is 6.03. The van der Waals surface area contributed by atoms with E-state index in [-0.39, 0.29) is 10.6 Å². The number of nitrogen functional groups attached to an aromatic ring is 1. The molecule has 0 aliphatic heterocycles. The second-order valence-electron chi connectivity index (χ2n) is 4.82.